The van der Waals surface area contributed by atoms with Gasteiger partial charge in [-0.15, -0.1) is 11.3 Å². The van der Waals surface area contributed by atoms with Crippen LogP contribution >= 0.6 is 11.3 Å². The van der Waals surface area contributed by atoms with Crippen molar-refractivity contribution in [1.29, 1.82) is 0 Å². The van der Waals surface area contributed by atoms with E-state index in [1.165, 1.54) is 17.4 Å². The summed E-state index contributed by atoms with van der Waals surface area (Å²) in [5, 5.41) is 7.60. The van der Waals surface area contributed by atoms with Gasteiger partial charge in [0.15, 0.2) is 16.8 Å². The lowest BCUT2D eigenvalue weighted by molar-refractivity contribution is 0.101. The number of aryl methyl sites for hydroxylation is 1. The molecule has 142 valence electrons. The zero-order valence-corrected chi connectivity index (χ0v) is 16.3. The highest BCUT2D eigenvalue weighted by atomic mass is 32.1. The third-order valence-corrected chi connectivity index (χ3v) is 4.93. The lowest BCUT2D eigenvalue weighted by Crippen LogP contribution is -2.15. The molecule has 0 radical (unpaired) electrons. The van der Waals surface area contributed by atoms with Crippen LogP contribution in [0, 0.1) is 11.6 Å². The Labute approximate surface area is 160 Å². The second-order valence-corrected chi connectivity index (χ2v) is 8.41. The first-order valence-corrected chi connectivity index (χ1v) is 9.19. The van der Waals surface area contributed by atoms with Gasteiger partial charge in [0.2, 0.25) is 0 Å². The summed E-state index contributed by atoms with van der Waals surface area (Å²) in [7, 11) is 1.72. The standard InChI is InChI=1S/C19H20F2N4OS/c1-19(2,3)16-9-15(25(4)24-16)17(26)23-18-22-10-12(27-18)7-11-5-6-13(20)14(21)8-11/h5-6,8-10H,7H2,1-4H3,(H,22,23,26). The van der Waals surface area contributed by atoms with E-state index in [0.29, 0.717) is 22.8 Å². The molecule has 0 aliphatic carbocycles. The Hall–Kier alpha value is -2.61. The number of nitrogens with one attached hydrogen (secondary N) is 1. The van der Waals surface area contributed by atoms with E-state index in [1.54, 1.807) is 24.0 Å². The normalized spacial score (nSPS) is 11.6. The predicted octanol–water partition coefficient (Wildman–Crippen LogP) is 4.30. The number of nitrogens with zero attached hydrogens (tertiary/aromatic N) is 3. The topological polar surface area (TPSA) is 59.8 Å². The van der Waals surface area contributed by atoms with Crippen LogP contribution in [0.2, 0.25) is 0 Å². The Balaban J connectivity index is 1.71. The molecule has 0 fully saturated rings. The van der Waals surface area contributed by atoms with Gasteiger partial charge in [-0.1, -0.05) is 26.8 Å². The molecule has 0 aliphatic rings. The third kappa shape index (κ3) is 4.39. The first kappa shape index (κ1) is 19.2. The number of hydrogen-bond acceptors (Lipinski definition) is 4. The molecule has 0 bridgehead atoms. The molecule has 3 aromatic rings. The van der Waals surface area contributed by atoms with Crippen molar-refractivity contribution in [3.63, 3.8) is 0 Å². The van der Waals surface area contributed by atoms with E-state index in [1.807, 2.05) is 20.8 Å². The number of carbonyl (C=O) groups is 1. The van der Waals surface area contributed by atoms with Crippen LogP contribution in [-0.4, -0.2) is 20.7 Å². The molecule has 8 heteroatoms. The van der Waals surface area contributed by atoms with Crippen molar-refractivity contribution in [2.24, 2.45) is 7.05 Å². The molecule has 0 unspecified atom stereocenters. The van der Waals surface area contributed by atoms with Crippen molar-refractivity contribution < 1.29 is 13.6 Å². The maximum atomic E-state index is 13.3. The van der Waals surface area contributed by atoms with Crippen molar-refractivity contribution in [1.82, 2.24) is 14.8 Å². The number of anilines is 1. The fourth-order valence-corrected chi connectivity index (χ4v) is 3.35. The van der Waals surface area contributed by atoms with Crippen molar-refractivity contribution in [3.8, 4) is 0 Å². The number of amides is 1. The molecule has 27 heavy (non-hydrogen) atoms. The molecule has 3 rings (SSSR count). The number of carbonyl (C=O) groups excluding carboxylic acids is 1. The molecule has 1 amide bonds. The molecule has 1 aromatic carbocycles. The summed E-state index contributed by atoms with van der Waals surface area (Å²) in [6.45, 7) is 6.09. The summed E-state index contributed by atoms with van der Waals surface area (Å²) in [5.41, 5.74) is 1.75. The molecule has 0 spiro atoms. The van der Waals surface area contributed by atoms with E-state index in [9.17, 15) is 13.6 Å². The summed E-state index contributed by atoms with van der Waals surface area (Å²) in [4.78, 5) is 17.6. The number of aromatic nitrogens is 3. The van der Waals surface area contributed by atoms with Crippen LogP contribution in [0.3, 0.4) is 0 Å². The molecular formula is C19H20F2N4OS. The number of halogens is 2. The number of rotatable bonds is 4. The van der Waals surface area contributed by atoms with Gasteiger partial charge in [0.05, 0.1) is 5.69 Å². The Morgan fingerprint density at radius 2 is 1.96 bits per heavy atom. The fourth-order valence-electron chi connectivity index (χ4n) is 2.51. The van der Waals surface area contributed by atoms with Crippen LogP contribution in [0.1, 0.15) is 47.4 Å². The predicted molar refractivity (Wildman–Crippen MR) is 101 cm³/mol. The summed E-state index contributed by atoms with van der Waals surface area (Å²) < 4.78 is 27.9. The Morgan fingerprint density at radius 3 is 2.59 bits per heavy atom. The molecule has 0 aliphatic heterocycles. The minimum atomic E-state index is -0.878. The van der Waals surface area contributed by atoms with E-state index < -0.39 is 11.6 Å². The van der Waals surface area contributed by atoms with Crippen molar-refractivity contribution >= 4 is 22.4 Å². The molecular weight excluding hydrogens is 370 g/mol. The van der Waals surface area contributed by atoms with Crippen molar-refractivity contribution in [2.75, 3.05) is 5.32 Å². The largest absolute Gasteiger partial charge is 0.296 e. The molecule has 2 heterocycles. The van der Waals surface area contributed by atoms with Gasteiger partial charge in [0.25, 0.3) is 5.91 Å². The average Bonchev–Trinajstić information content (AvgIpc) is 3.17. The third-order valence-electron chi connectivity index (χ3n) is 4.02. The maximum absolute atomic E-state index is 13.3. The minimum Gasteiger partial charge on any atom is -0.296 e. The van der Waals surface area contributed by atoms with Crippen molar-refractivity contribution in [2.45, 2.75) is 32.6 Å². The van der Waals surface area contributed by atoms with Gasteiger partial charge in [-0.2, -0.15) is 5.10 Å². The smallest absolute Gasteiger partial charge is 0.275 e. The van der Waals surface area contributed by atoms with Gasteiger partial charge in [-0.3, -0.25) is 14.8 Å². The minimum absolute atomic E-state index is 0.158. The van der Waals surface area contributed by atoms with E-state index in [4.69, 9.17) is 0 Å². The van der Waals surface area contributed by atoms with Gasteiger partial charge in [-0.05, 0) is 23.8 Å². The van der Waals surface area contributed by atoms with E-state index >= 15 is 0 Å². The summed E-state index contributed by atoms with van der Waals surface area (Å²) in [6, 6.07) is 5.56. The Bertz CT molecular complexity index is 988. The summed E-state index contributed by atoms with van der Waals surface area (Å²) in [5.74, 6) is -2.05. The van der Waals surface area contributed by atoms with Crippen molar-refractivity contribution in [3.05, 3.63) is 63.9 Å². The Kier molecular flexibility index (Phi) is 5.10. The molecule has 1 N–H and O–H groups in total. The monoisotopic (exact) mass is 390 g/mol. The highest BCUT2D eigenvalue weighted by Gasteiger charge is 2.22. The first-order chi connectivity index (χ1) is 12.6. The quantitative estimate of drug-likeness (QED) is 0.723. The molecule has 2 aromatic heterocycles. The average molecular weight is 390 g/mol. The highest BCUT2D eigenvalue weighted by molar-refractivity contribution is 7.15. The van der Waals surface area contributed by atoms with Gasteiger partial charge in [-0.25, -0.2) is 13.8 Å². The lowest BCUT2D eigenvalue weighted by atomic mass is 9.92. The number of thiazole rings is 1. The zero-order valence-electron chi connectivity index (χ0n) is 15.5. The first-order valence-electron chi connectivity index (χ1n) is 8.38. The van der Waals surface area contributed by atoms with Gasteiger partial charge < -0.3 is 0 Å². The summed E-state index contributed by atoms with van der Waals surface area (Å²) >= 11 is 1.29. The second-order valence-electron chi connectivity index (χ2n) is 7.30. The van der Waals surface area contributed by atoms with Crippen LogP contribution < -0.4 is 5.32 Å². The van der Waals surface area contributed by atoms with Crippen LogP contribution in [-0.2, 0) is 18.9 Å². The molecule has 0 saturated heterocycles. The van der Waals surface area contributed by atoms with Gasteiger partial charge in [0.1, 0.15) is 5.69 Å². The van der Waals surface area contributed by atoms with Gasteiger partial charge >= 0.3 is 0 Å². The highest BCUT2D eigenvalue weighted by Crippen LogP contribution is 2.24. The van der Waals surface area contributed by atoms with E-state index in [-0.39, 0.29) is 11.3 Å². The molecule has 0 atom stereocenters. The van der Waals surface area contributed by atoms with Gasteiger partial charge in [0, 0.05) is 30.0 Å². The van der Waals surface area contributed by atoms with Crippen LogP contribution in [0.4, 0.5) is 13.9 Å². The number of benzene rings is 1. The maximum Gasteiger partial charge on any atom is 0.275 e. The Morgan fingerprint density at radius 1 is 1.22 bits per heavy atom. The molecule has 5 nitrogen and oxygen atoms in total. The fraction of sp³-hybridized carbons (Fsp3) is 0.316. The van der Waals surface area contributed by atoms with Crippen LogP contribution in [0.15, 0.2) is 30.5 Å². The molecule has 0 saturated carbocycles. The SMILES string of the molecule is Cn1nc(C(C)(C)C)cc1C(=O)Nc1ncc(Cc2ccc(F)c(F)c2)s1. The number of hydrogen-bond donors (Lipinski definition) is 1. The van der Waals surface area contributed by atoms with E-state index in [2.05, 4.69) is 15.4 Å². The summed E-state index contributed by atoms with van der Waals surface area (Å²) in [6.07, 6.45) is 2.02. The lowest BCUT2D eigenvalue weighted by Gasteiger charge is -2.13. The van der Waals surface area contributed by atoms with Crippen LogP contribution in [0.5, 0.6) is 0 Å². The van der Waals surface area contributed by atoms with E-state index in [0.717, 1.165) is 22.7 Å². The van der Waals surface area contributed by atoms with Crippen LogP contribution in [0.25, 0.3) is 0 Å². The second kappa shape index (κ2) is 7.19. The zero-order chi connectivity index (χ0) is 19.8.